The van der Waals surface area contributed by atoms with Gasteiger partial charge in [0, 0.05) is 0 Å². The minimum atomic E-state index is -4.01. The van der Waals surface area contributed by atoms with Gasteiger partial charge in [0.15, 0.2) is 0 Å². The van der Waals surface area contributed by atoms with E-state index in [4.69, 9.17) is 9.47 Å². The number of anilines is 2. The molecule has 9 heteroatoms. The maximum absolute atomic E-state index is 12.9. The zero-order valence-corrected chi connectivity index (χ0v) is 19.3. The third kappa shape index (κ3) is 6.39. The van der Waals surface area contributed by atoms with Crippen LogP contribution < -0.4 is 19.5 Å². The molecule has 0 bridgehead atoms. The number of phenolic OH excluding ortho intramolecular Hbond substituents is 1. The molecule has 0 aliphatic rings. The van der Waals surface area contributed by atoms with Crippen molar-refractivity contribution < 1.29 is 27.8 Å². The fraction of sp³-hybridized carbons (Fsp3) is 0.208. The monoisotopic (exact) mass is 470 g/mol. The van der Waals surface area contributed by atoms with E-state index in [0.717, 1.165) is 0 Å². The van der Waals surface area contributed by atoms with E-state index < -0.39 is 15.9 Å². The summed E-state index contributed by atoms with van der Waals surface area (Å²) in [6, 6.07) is 17.4. The average molecular weight is 471 g/mol. The van der Waals surface area contributed by atoms with Gasteiger partial charge < -0.3 is 19.9 Å². The lowest BCUT2D eigenvalue weighted by molar-refractivity contribution is -0.115. The summed E-state index contributed by atoms with van der Waals surface area (Å²) >= 11 is 0. The van der Waals surface area contributed by atoms with Crippen LogP contribution in [0.4, 0.5) is 11.4 Å². The van der Waals surface area contributed by atoms with Crippen LogP contribution in [0.25, 0.3) is 0 Å². The van der Waals surface area contributed by atoms with Crippen LogP contribution in [0, 0.1) is 0 Å². The number of sulfonamides is 1. The quantitative estimate of drug-likeness (QED) is 0.405. The third-order valence-corrected chi connectivity index (χ3v) is 5.90. The number of ether oxygens (including phenoxy) is 2. The Bertz CT molecular complexity index is 1240. The third-order valence-electron chi connectivity index (χ3n) is 4.54. The normalized spacial score (nSPS) is 11.2. The highest BCUT2D eigenvalue weighted by molar-refractivity contribution is 7.92. The van der Waals surface area contributed by atoms with E-state index in [-0.39, 0.29) is 34.5 Å². The summed E-state index contributed by atoms with van der Waals surface area (Å²) < 4.78 is 39.0. The first kappa shape index (κ1) is 23.9. The number of nitrogens with one attached hydrogen (secondary N) is 2. The van der Waals surface area contributed by atoms with Crippen molar-refractivity contribution in [1.82, 2.24) is 0 Å². The van der Waals surface area contributed by atoms with Crippen LogP contribution in [0.5, 0.6) is 17.2 Å². The van der Waals surface area contributed by atoms with Gasteiger partial charge in [0.1, 0.15) is 17.2 Å². The van der Waals surface area contributed by atoms with Crippen LogP contribution in [0.1, 0.15) is 19.4 Å². The zero-order valence-electron chi connectivity index (χ0n) is 18.5. The smallest absolute Gasteiger partial charge is 0.262 e. The molecule has 0 aliphatic heterocycles. The molecule has 0 heterocycles. The summed E-state index contributed by atoms with van der Waals surface area (Å²) in [4.78, 5) is 12.4. The van der Waals surface area contributed by atoms with Gasteiger partial charge in [-0.1, -0.05) is 24.3 Å². The predicted molar refractivity (Wildman–Crippen MR) is 126 cm³/mol. The summed E-state index contributed by atoms with van der Waals surface area (Å²) in [5.41, 5.74) is 0.964. The van der Waals surface area contributed by atoms with Gasteiger partial charge in [-0.15, -0.1) is 0 Å². The van der Waals surface area contributed by atoms with Gasteiger partial charge in [-0.3, -0.25) is 9.52 Å². The van der Waals surface area contributed by atoms with E-state index in [2.05, 4.69) is 10.0 Å². The van der Waals surface area contributed by atoms with Gasteiger partial charge in [0.25, 0.3) is 10.0 Å². The van der Waals surface area contributed by atoms with E-state index in [1.165, 1.54) is 25.3 Å². The predicted octanol–water partition coefficient (Wildman–Crippen LogP) is 4.17. The Morgan fingerprint density at radius 3 is 2.48 bits per heavy atom. The maximum atomic E-state index is 12.9. The topological polar surface area (TPSA) is 114 Å². The number of phenols is 1. The number of hydrogen-bond donors (Lipinski definition) is 3. The van der Waals surface area contributed by atoms with Crippen LogP contribution in [-0.4, -0.2) is 32.6 Å². The molecule has 0 aliphatic carbocycles. The fourth-order valence-corrected chi connectivity index (χ4v) is 4.19. The highest BCUT2D eigenvalue weighted by Gasteiger charge is 2.19. The second-order valence-electron chi connectivity index (χ2n) is 7.52. The van der Waals surface area contributed by atoms with Crippen molar-refractivity contribution in [3.63, 3.8) is 0 Å². The minimum Gasteiger partial charge on any atom is -0.506 e. The lowest BCUT2D eigenvalue weighted by Gasteiger charge is -2.14. The molecule has 0 unspecified atom stereocenters. The Hall–Kier alpha value is -3.72. The number of rotatable bonds is 9. The van der Waals surface area contributed by atoms with Crippen LogP contribution in [0.15, 0.2) is 71.6 Å². The molecule has 0 saturated carbocycles. The Labute approximate surface area is 193 Å². The molecule has 1 amide bonds. The van der Waals surface area contributed by atoms with Gasteiger partial charge in [0.05, 0.1) is 35.9 Å². The largest absolute Gasteiger partial charge is 0.506 e. The molecule has 8 nitrogen and oxygen atoms in total. The van der Waals surface area contributed by atoms with Crippen molar-refractivity contribution in [2.24, 2.45) is 0 Å². The minimum absolute atomic E-state index is 0.000163. The molecule has 3 aromatic rings. The number of carbonyl (C=O) groups is 1. The van der Waals surface area contributed by atoms with Gasteiger partial charge >= 0.3 is 0 Å². The summed E-state index contributed by atoms with van der Waals surface area (Å²) in [6.07, 6.45) is 0.0192. The number of aromatic hydroxyl groups is 1. The molecule has 3 aromatic carbocycles. The fourth-order valence-electron chi connectivity index (χ4n) is 3.10. The van der Waals surface area contributed by atoms with Crippen LogP contribution in [-0.2, 0) is 21.2 Å². The maximum Gasteiger partial charge on any atom is 0.262 e. The van der Waals surface area contributed by atoms with E-state index >= 15 is 0 Å². The molecule has 174 valence electrons. The molecule has 3 N–H and O–H groups in total. The summed E-state index contributed by atoms with van der Waals surface area (Å²) in [5, 5.41) is 12.7. The second kappa shape index (κ2) is 10.3. The number of hydrogen-bond acceptors (Lipinski definition) is 6. The van der Waals surface area contributed by atoms with Gasteiger partial charge in [-0.2, -0.15) is 0 Å². The number of amides is 1. The van der Waals surface area contributed by atoms with Gasteiger partial charge in [-0.05, 0) is 61.9 Å². The molecule has 0 atom stereocenters. The molecular formula is C24H26N2O6S. The highest BCUT2D eigenvalue weighted by atomic mass is 32.2. The molecule has 0 spiro atoms. The molecule has 3 rings (SSSR count). The number of carbonyl (C=O) groups excluding carboxylic acids is 1. The van der Waals surface area contributed by atoms with Crippen molar-refractivity contribution in [3.05, 3.63) is 72.3 Å². The molecule has 0 saturated heterocycles. The Morgan fingerprint density at radius 2 is 1.76 bits per heavy atom. The standard InChI is InChI=1S/C24H26N2O6S/c1-16(2)32-18-8-6-7-17(13-18)14-24(28)25-21-15-19(11-12-22(21)27)33(29,30)26-20-9-4-5-10-23(20)31-3/h4-13,15-16,26-27H,14H2,1-3H3,(H,25,28). The van der Waals surface area contributed by atoms with E-state index in [1.54, 1.807) is 48.5 Å². The first-order valence-electron chi connectivity index (χ1n) is 10.2. The zero-order chi connectivity index (χ0) is 24.0. The summed E-state index contributed by atoms with van der Waals surface area (Å²) in [6.45, 7) is 3.82. The summed E-state index contributed by atoms with van der Waals surface area (Å²) in [7, 11) is -2.57. The number of para-hydroxylation sites is 2. The van der Waals surface area contributed by atoms with Crippen LogP contribution in [0.3, 0.4) is 0 Å². The van der Waals surface area contributed by atoms with Crippen molar-refractivity contribution >= 4 is 27.3 Å². The molecule has 33 heavy (non-hydrogen) atoms. The van der Waals surface area contributed by atoms with E-state index in [1.807, 2.05) is 13.8 Å². The SMILES string of the molecule is COc1ccccc1NS(=O)(=O)c1ccc(O)c(NC(=O)Cc2cccc(OC(C)C)c2)c1. The summed E-state index contributed by atoms with van der Waals surface area (Å²) in [5.74, 6) is 0.335. The molecule has 0 aromatic heterocycles. The van der Waals surface area contributed by atoms with Crippen molar-refractivity contribution in [2.45, 2.75) is 31.3 Å². The van der Waals surface area contributed by atoms with E-state index in [0.29, 0.717) is 17.1 Å². The van der Waals surface area contributed by atoms with Crippen LogP contribution >= 0.6 is 0 Å². The number of methoxy groups -OCH3 is 1. The van der Waals surface area contributed by atoms with Crippen molar-refractivity contribution in [3.8, 4) is 17.2 Å². The molecular weight excluding hydrogens is 444 g/mol. The highest BCUT2D eigenvalue weighted by Crippen LogP contribution is 2.30. The van der Waals surface area contributed by atoms with Gasteiger partial charge in [0.2, 0.25) is 5.91 Å². The van der Waals surface area contributed by atoms with Crippen molar-refractivity contribution in [2.75, 3.05) is 17.1 Å². The Balaban J connectivity index is 1.76. The lowest BCUT2D eigenvalue weighted by atomic mass is 10.1. The average Bonchev–Trinajstić information content (AvgIpc) is 2.75. The van der Waals surface area contributed by atoms with Crippen molar-refractivity contribution in [1.29, 1.82) is 0 Å². The molecule has 0 radical (unpaired) electrons. The Morgan fingerprint density at radius 1 is 1.00 bits per heavy atom. The first-order valence-corrected chi connectivity index (χ1v) is 11.7. The molecule has 0 fully saturated rings. The first-order chi connectivity index (χ1) is 15.7. The van der Waals surface area contributed by atoms with Gasteiger partial charge in [-0.25, -0.2) is 8.42 Å². The van der Waals surface area contributed by atoms with Crippen LogP contribution in [0.2, 0.25) is 0 Å². The lowest BCUT2D eigenvalue weighted by Crippen LogP contribution is -2.17. The second-order valence-corrected chi connectivity index (χ2v) is 9.21. The number of benzene rings is 3. The van der Waals surface area contributed by atoms with E-state index in [9.17, 15) is 18.3 Å². The Kier molecular flexibility index (Phi) is 7.44.